The third kappa shape index (κ3) is 1.95. The summed E-state index contributed by atoms with van der Waals surface area (Å²) in [4.78, 5) is 10.9. The summed E-state index contributed by atoms with van der Waals surface area (Å²) >= 11 is 0. The first-order chi connectivity index (χ1) is 9.04. The lowest BCUT2D eigenvalue weighted by molar-refractivity contribution is 0.547. The normalized spacial score (nSPS) is 11.2. The van der Waals surface area contributed by atoms with Gasteiger partial charge in [0.1, 0.15) is 23.3 Å². The Kier molecular flexibility index (Phi) is 2.51. The highest BCUT2D eigenvalue weighted by atomic mass is 19.1. The Hall–Kier alpha value is -2.37. The van der Waals surface area contributed by atoms with Crippen molar-refractivity contribution in [3.8, 4) is 11.4 Å². The molecule has 0 aliphatic carbocycles. The predicted molar refractivity (Wildman–Crippen MR) is 63.9 cm³/mol. The van der Waals surface area contributed by atoms with Crippen LogP contribution in [-0.4, -0.2) is 15.0 Å². The molecule has 0 saturated heterocycles. The minimum atomic E-state index is -1.01. The Morgan fingerprint density at radius 2 is 1.68 bits per heavy atom. The van der Waals surface area contributed by atoms with Crippen molar-refractivity contribution in [1.82, 2.24) is 15.0 Å². The molecule has 3 nitrogen and oxygen atoms in total. The van der Waals surface area contributed by atoms with Gasteiger partial charge in [0.2, 0.25) is 0 Å². The van der Waals surface area contributed by atoms with Crippen LogP contribution in [0.2, 0.25) is 0 Å². The zero-order valence-corrected chi connectivity index (χ0v) is 9.84. The van der Waals surface area contributed by atoms with Crippen LogP contribution in [0.25, 0.3) is 22.6 Å². The van der Waals surface area contributed by atoms with Crippen molar-refractivity contribution in [3.05, 3.63) is 47.4 Å². The maximum absolute atomic E-state index is 13.6. The zero-order chi connectivity index (χ0) is 13.6. The first-order valence-electron chi connectivity index (χ1n) is 5.53. The molecule has 0 radical (unpaired) electrons. The van der Waals surface area contributed by atoms with Crippen molar-refractivity contribution < 1.29 is 13.2 Å². The van der Waals surface area contributed by atoms with Gasteiger partial charge in [-0.3, -0.25) is 0 Å². The second-order valence-corrected chi connectivity index (χ2v) is 4.15. The standard InChI is InChI=1S/C13H8F3N3/c1-6-2-3-10-12(17-6)19-13(18-10)11-8(15)4-7(14)5-9(11)16/h2-5H,1H3,(H,17,18,19). The van der Waals surface area contributed by atoms with E-state index < -0.39 is 23.0 Å². The number of hydrogen-bond acceptors (Lipinski definition) is 2. The number of halogens is 3. The van der Waals surface area contributed by atoms with E-state index in [1.54, 1.807) is 19.1 Å². The van der Waals surface area contributed by atoms with E-state index in [1.165, 1.54) is 0 Å². The molecule has 2 aromatic heterocycles. The lowest BCUT2D eigenvalue weighted by Gasteiger charge is -2.01. The van der Waals surface area contributed by atoms with E-state index >= 15 is 0 Å². The molecule has 0 unspecified atom stereocenters. The molecule has 3 aromatic rings. The van der Waals surface area contributed by atoms with Gasteiger partial charge in [0.15, 0.2) is 5.65 Å². The Labute approximate surface area is 106 Å². The Balaban J connectivity index is 2.24. The van der Waals surface area contributed by atoms with E-state index in [4.69, 9.17) is 0 Å². The number of aromatic amines is 1. The van der Waals surface area contributed by atoms with Crippen molar-refractivity contribution in [2.45, 2.75) is 6.92 Å². The fourth-order valence-corrected chi connectivity index (χ4v) is 1.87. The van der Waals surface area contributed by atoms with Crippen molar-refractivity contribution in [2.75, 3.05) is 0 Å². The van der Waals surface area contributed by atoms with Crippen LogP contribution in [0, 0.1) is 24.4 Å². The topological polar surface area (TPSA) is 41.6 Å². The zero-order valence-electron chi connectivity index (χ0n) is 9.84. The molecule has 0 aliphatic heterocycles. The molecule has 0 saturated carbocycles. The molecular weight excluding hydrogens is 255 g/mol. The number of aromatic nitrogens is 3. The lowest BCUT2D eigenvalue weighted by atomic mass is 10.2. The van der Waals surface area contributed by atoms with Gasteiger partial charge in [0.25, 0.3) is 0 Å². The van der Waals surface area contributed by atoms with Crippen LogP contribution in [0.3, 0.4) is 0 Å². The van der Waals surface area contributed by atoms with E-state index in [1.807, 2.05) is 0 Å². The Morgan fingerprint density at radius 1 is 1.00 bits per heavy atom. The summed E-state index contributed by atoms with van der Waals surface area (Å²) in [6.45, 7) is 1.78. The van der Waals surface area contributed by atoms with E-state index in [9.17, 15) is 13.2 Å². The summed E-state index contributed by atoms with van der Waals surface area (Å²) in [6.07, 6.45) is 0. The first kappa shape index (κ1) is 11.7. The molecule has 3 rings (SSSR count). The van der Waals surface area contributed by atoms with Gasteiger partial charge < -0.3 is 4.98 Å². The molecule has 2 heterocycles. The van der Waals surface area contributed by atoms with E-state index in [-0.39, 0.29) is 5.82 Å². The third-order valence-corrected chi connectivity index (χ3v) is 2.73. The minimum absolute atomic E-state index is 0.0110. The van der Waals surface area contributed by atoms with E-state index in [2.05, 4.69) is 15.0 Å². The molecule has 0 amide bonds. The van der Waals surface area contributed by atoms with Crippen LogP contribution in [0.4, 0.5) is 13.2 Å². The SMILES string of the molecule is Cc1ccc2[nH]c(-c3c(F)cc(F)cc3F)nc2n1. The fourth-order valence-electron chi connectivity index (χ4n) is 1.87. The molecular formula is C13H8F3N3. The van der Waals surface area contributed by atoms with Gasteiger partial charge in [-0.25, -0.2) is 23.1 Å². The van der Waals surface area contributed by atoms with E-state index in [0.29, 0.717) is 23.3 Å². The summed E-state index contributed by atoms with van der Waals surface area (Å²) < 4.78 is 40.1. The van der Waals surface area contributed by atoms with Gasteiger partial charge in [0, 0.05) is 17.8 Å². The number of nitrogens with one attached hydrogen (secondary N) is 1. The van der Waals surface area contributed by atoms with Crippen LogP contribution in [0.15, 0.2) is 24.3 Å². The summed E-state index contributed by atoms with van der Waals surface area (Å²) in [6, 6.07) is 4.70. The molecule has 1 N–H and O–H groups in total. The second kappa shape index (κ2) is 4.08. The Morgan fingerprint density at radius 3 is 2.37 bits per heavy atom. The van der Waals surface area contributed by atoms with E-state index in [0.717, 1.165) is 5.69 Å². The lowest BCUT2D eigenvalue weighted by Crippen LogP contribution is -1.93. The number of pyridine rings is 1. The molecule has 0 fully saturated rings. The molecule has 0 spiro atoms. The molecule has 19 heavy (non-hydrogen) atoms. The fraction of sp³-hybridized carbons (Fsp3) is 0.0769. The van der Waals surface area contributed by atoms with Crippen LogP contribution >= 0.6 is 0 Å². The highest BCUT2D eigenvalue weighted by molar-refractivity contribution is 5.76. The molecule has 1 aromatic carbocycles. The smallest absolute Gasteiger partial charge is 0.178 e. The quantitative estimate of drug-likeness (QED) is 0.731. The van der Waals surface area contributed by atoms with Gasteiger partial charge in [-0.2, -0.15) is 0 Å². The molecule has 96 valence electrons. The Bertz CT molecular complexity index is 757. The maximum atomic E-state index is 13.6. The number of H-pyrrole nitrogens is 1. The van der Waals surface area contributed by atoms with Crippen LogP contribution in [0.5, 0.6) is 0 Å². The highest BCUT2D eigenvalue weighted by Crippen LogP contribution is 2.26. The number of benzene rings is 1. The molecule has 6 heteroatoms. The van der Waals surface area contributed by atoms with Gasteiger partial charge in [-0.15, -0.1) is 0 Å². The molecule has 0 atom stereocenters. The number of aryl methyl sites for hydroxylation is 1. The number of fused-ring (bicyclic) bond motifs is 1. The number of imidazole rings is 1. The van der Waals surface area contributed by atoms with Crippen molar-refractivity contribution >= 4 is 11.2 Å². The summed E-state index contributed by atoms with van der Waals surface area (Å²) in [5.41, 5.74) is 1.27. The minimum Gasteiger partial charge on any atom is -0.336 e. The number of hydrogen-bond donors (Lipinski definition) is 1. The first-order valence-corrected chi connectivity index (χ1v) is 5.53. The van der Waals surface area contributed by atoms with Gasteiger partial charge in [0.05, 0.1) is 11.1 Å². The average molecular weight is 263 g/mol. The van der Waals surface area contributed by atoms with Crippen LogP contribution in [-0.2, 0) is 0 Å². The maximum Gasteiger partial charge on any atom is 0.178 e. The van der Waals surface area contributed by atoms with Crippen molar-refractivity contribution in [2.24, 2.45) is 0 Å². The second-order valence-electron chi connectivity index (χ2n) is 4.15. The van der Waals surface area contributed by atoms with Crippen LogP contribution < -0.4 is 0 Å². The van der Waals surface area contributed by atoms with Gasteiger partial charge in [-0.1, -0.05) is 0 Å². The van der Waals surface area contributed by atoms with Gasteiger partial charge in [-0.05, 0) is 19.1 Å². The highest BCUT2D eigenvalue weighted by Gasteiger charge is 2.17. The molecule has 0 bridgehead atoms. The number of rotatable bonds is 1. The summed E-state index contributed by atoms with van der Waals surface area (Å²) in [5, 5.41) is 0. The van der Waals surface area contributed by atoms with Crippen molar-refractivity contribution in [3.63, 3.8) is 0 Å². The largest absolute Gasteiger partial charge is 0.336 e. The third-order valence-electron chi connectivity index (χ3n) is 2.73. The van der Waals surface area contributed by atoms with Crippen LogP contribution in [0.1, 0.15) is 5.69 Å². The summed E-state index contributed by atoms with van der Waals surface area (Å²) in [7, 11) is 0. The monoisotopic (exact) mass is 263 g/mol. The number of nitrogens with zero attached hydrogens (tertiary/aromatic N) is 2. The summed E-state index contributed by atoms with van der Waals surface area (Å²) in [5.74, 6) is -2.99. The molecule has 0 aliphatic rings. The average Bonchev–Trinajstić information content (AvgIpc) is 2.69. The predicted octanol–water partition coefficient (Wildman–Crippen LogP) is 3.35. The van der Waals surface area contributed by atoms with Crippen molar-refractivity contribution in [1.29, 1.82) is 0 Å². The van der Waals surface area contributed by atoms with Gasteiger partial charge >= 0.3 is 0 Å².